The van der Waals surface area contributed by atoms with Crippen molar-refractivity contribution in [2.24, 2.45) is 0 Å². The summed E-state index contributed by atoms with van der Waals surface area (Å²) >= 11 is 6.26. The van der Waals surface area contributed by atoms with E-state index in [9.17, 15) is 9.59 Å². The normalized spacial score (nSPS) is 11.1. The van der Waals surface area contributed by atoms with Crippen LogP contribution < -0.4 is 10.5 Å². The van der Waals surface area contributed by atoms with Gasteiger partial charge in [-0.05, 0) is 31.4 Å². The Labute approximate surface area is 168 Å². The topological polar surface area (TPSA) is 83.4 Å². The predicted molar refractivity (Wildman–Crippen MR) is 110 cm³/mol. The molecule has 2 aromatic heterocycles. The van der Waals surface area contributed by atoms with Crippen molar-refractivity contribution < 1.29 is 4.79 Å². The number of anilines is 1. The molecule has 0 radical (unpaired) electrons. The van der Waals surface area contributed by atoms with Gasteiger partial charge >= 0.3 is 0 Å². The van der Waals surface area contributed by atoms with Crippen molar-refractivity contribution in [3.8, 4) is 0 Å². The number of carbonyl (C=O) groups is 1. The van der Waals surface area contributed by atoms with Gasteiger partial charge in [-0.15, -0.1) is 0 Å². The molecule has 0 atom stereocenters. The fraction of sp³-hybridized carbons (Fsp3) is 0.400. The number of carbonyl (C=O) groups excluding carboxylic acids is 1. The first kappa shape index (κ1) is 20.1. The van der Waals surface area contributed by atoms with Gasteiger partial charge in [-0.2, -0.15) is 9.50 Å². The van der Waals surface area contributed by atoms with Crippen LogP contribution in [0.2, 0.25) is 5.02 Å². The van der Waals surface area contributed by atoms with Crippen LogP contribution in [0.3, 0.4) is 0 Å². The molecule has 8 heteroatoms. The minimum Gasteiger partial charge on any atom is -0.277 e. The number of aromatic nitrogens is 4. The smallest absolute Gasteiger partial charge is 0.277 e. The number of nitrogens with one attached hydrogen (secondary N) is 1. The second kappa shape index (κ2) is 8.56. The fourth-order valence-corrected chi connectivity index (χ4v) is 3.27. The summed E-state index contributed by atoms with van der Waals surface area (Å²) in [4.78, 5) is 35.8. The van der Waals surface area contributed by atoms with Crippen LogP contribution in [-0.2, 0) is 17.8 Å². The van der Waals surface area contributed by atoms with Crippen LogP contribution in [0.4, 0.5) is 5.95 Å². The maximum atomic E-state index is 12.9. The average Bonchev–Trinajstić information content (AvgIpc) is 3.10. The number of aromatic amines is 1. The van der Waals surface area contributed by atoms with Crippen LogP contribution in [0.1, 0.15) is 49.9 Å². The maximum Gasteiger partial charge on any atom is 0.277 e. The molecule has 3 rings (SSSR count). The molecule has 0 saturated heterocycles. The van der Waals surface area contributed by atoms with E-state index in [1.807, 2.05) is 25.1 Å². The molecule has 2 heterocycles. The van der Waals surface area contributed by atoms with Crippen LogP contribution in [0, 0.1) is 6.92 Å². The zero-order valence-corrected chi connectivity index (χ0v) is 17.1. The molecule has 0 bridgehead atoms. The lowest BCUT2D eigenvalue weighted by Crippen LogP contribution is -2.31. The van der Waals surface area contributed by atoms with Crippen LogP contribution in [0.25, 0.3) is 5.78 Å². The molecule has 148 valence electrons. The monoisotopic (exact) mass is 401 g/mol. The van der Waals surface area contributed by atoms with E-state index in [1.54, 1.807) is 13.0 Å². The number of benzene rings is 1. The highest BCUT2D eigenvalue weighted by atomic mass is 35.5. The van der Waals surface area contributed by atoms with Gasteiger partial charge in [0.2, 0.25) is 11.9 Å². The van der Waals surface area contributed by atoms with Crippen molar-refractivity contribution >= 4 is 29.2 Å². The summed E-state index contributed by atoms with van der Waals surface area (Å²) in [7, 11) is 0. The summed E-state index contributed by atoms with van der Waals surface area (Å²) in [6, 6.07) is 7.34. The molecule has 1 amide bonds. The highest BCUT2D eigenvalue weighted by molar-refractivity contribution is 6.31. The van der Waals surface area contributed by atoms with Gasteiger partial charge < -0.3 is 0 Å². The van der Waals surface area contributed by atoms with Gasteiger partial charge in [-0.1, -0.05) is 50.1 Å². The summed E-state index contributed by atoms with van der Waals surface area (Å²) in [5.74, 6) is 0.407. The summed E-state index contributed by atoms with van der Waals surface area (Å²) in [6.07, 6.45) is 2.87. The van der Waals surface area contributed by atoms with E-state index >= 15 is 0 Å². The van der Waals surface area contributed by atoms with Gasteiger partial charge in [-0.25, -0.2) is 4.98 Å². The highest BCUT2D eigenvalue weighted by Crippen LogP contribution is 2.21. The minimum absolute atomic E-state index is 0.130. The fourth-order valence-electron chi connectivity index (χ4n) is 3.07. The third-order valence-corrected chi connectivity index (χ3v) is 5.08. The molecular formula is C20H24ClN5O2. The Hall–Kier alpha value is -2.67. The van der Waals surface area contributed by atoms with Gasteiger partial charge in [0.25, 0.3) is 11.3 Å². The van der Waals surface area contributed by atoms with Crippen molar-refractivity contribution in [2.75, 3.05) is 4.90 Å². The molecule has 0 spiro atoms. The number of hydrogen-bond acceptors (Lipinski definition) is 4. The minimum atomic E-state index is -0.170. The summed E-state index contributed by atoms with van der Waals surface area (Å²) in [5.41, 5.74) is 1.98. The summed E-state index contributed by atoms with van der Waals surface area (Å²) in [5, 5.41) is 3.53. The van der Waals surface area contributed by atoms with Gasteiger partial charge in [-0.3, -0.25) is 19.6 Å². The number of nitrogens with zero attached hydrogens (tertiary/aromatic N) is 4. The largest absolute Gasteiger partial charge is 0.277 e. The Morgan fingerprint density at radius 3 is 2.68 bits per heavy atom. The molecule has 3 aromatic rings. The van der Waals surface area contributed by atoms with Gasteiger partial charge in [0.15, 0.2) is 0 Å². The maximum absolute atomic E-state index is 12.9. The van der Waals surface area contributed by atoms with Crippen LogP contribution >= 0.6 is 11.6 Å². The lowest BCUT2D eigenvalue weighted by Gasteiger charge is -2.19. The van der Waals surface area contributed by atoms with Crippen LogP contribution in [0.15, 0.2) is 29.1 Å². The molecule has 0 unspecified atom stereocenters. The van der Waals surface area contributed by atoms with E-state index in [-0.39, 0.29) is 29.7 Å². The Bertz CT molecular complexity index is 1060. The van der Waals surface area contributed by atoms with Gasteiger partial charge in [0.05, 0.1) is 12.2 Å². The first-order chi connectivity index (χ1) is 13.5. The Morgan fingerprint density at radius 2 is 2.00 bits per heavy atom. The van der Waals surface area contributed by atoms with E-state index < -0.39 is 0 Å². The molecular weight excluding hydrogens is 378 g/mol. The van der Waals surface area contributed by atoms with E-state index in [1.165, 1.54) is 9.42 Å². The van der Waals surface area contributed by atoms with Crippen LogP contribution in [-0.4, -0.2) is 25.5 Å². The SMILES string of the molecule is CCCCc1c(C)nc2nc(N(Cc3ccccc3Cl)C(=O)CC)[nH]n2c1=O. The number of H-pyrrole nitrogens is 1. The second-order valence-corrected chi connectivity index (χ2v) is 7.10. The molecule has 1 aromatic carbocycles. The molecule has 0 fully saturated rings. The molecule has 0 aliphatic heterocycles. The van der Waals surface area contributed by atoms with Crippen molar-refractivity contribution in [3.63, 3.8) is 0 Å². The molecule has 7 nitrogen and oxygen atoms in total. The second-order valence-electron chi connectivity index (χ2n) is 6.69. The van der Waals surface area contributed by atoms with Crippen molar-refractivity contribution in [3.05, 3.63) is 56.5 Å². The van der Waals surface area contributed by atoms with E-state index in [0.29, 0.717) is 29.1 Å². The predicted octanol–water partition coefficient (Wildman–Crippen LogP) is 3.67. The average molecular weight is 402 g/mol. The number of unbranched alkanes of at least 4 members (excludes halogenated alkanes) is 1. The van der Waals surface area contributed by atoms with E-state index in [2.05, 4.69) is 22.0 Å². The van der Waals surface area contributed by atoms with Crippen LogP contribution in [0.5, 0.6) is 0 Å². The Balaban J connectivity index is 2.05. The zero-order valence-electron chi connectivity index (χ0n) is 16.3. The Morgan fingerprint density at radius 1 is 1.25 bits per heavy atom. The molecule has 1 N–H and O–H groups in total. The van der Waals surface area contributed by atoms with Gasteiger partial charge in [0.1, 0.15) is 0 Å². The number of halogens is 1. The van der Waals surface area contributed by atoms with Gasteiger partial charge in [0, 0.05) is 17.0 Å². The third kappa shape index (κ3) is 3.94. The van der Waals surface area contributed by atoms with Crippen molar-refractivity contribution in [1.82, 2.24) is 19.6 Å². The van der Waals surface area contributed by atoms with E-state index in [4.69, 9.17) is 11.6 Å². The van der Waals surface area contributed by atoms with Crippen molar-refractivity contribution in [1.29, 1.82) is 0 Å². The molecule has 0 aliphatic carbocycles. The first-order valence-corrected chi connectivity index (χ1v) is 9.86. The summed E-state index contributed by atoms with van der Waals surface area (Å²) in [6.45, 7) is 5.93. The number of hydrogen-bond donors (Lipinski definition) is 1. The molecule has 28 heavy (non-hydrogen) atoms. The van der Waals surface area contributed by atoms with E-state index in [0.717, 1.165) is 18.4 Å². The number of rotatable bonds is 7. The highest BCUT2D eigenvalue weighted by Gasteiger charge is 2.21. The standard InChI is InChI=1S/C20H24ClN5O2/c1-4-6-10-15-13(3)22-19-23-20(24-26(19)18(15)28)25(17(27)5-2)12-14-9-7-8-11-16(14)21/h7-9,11H,4-6,10,12H2,1-3H3,(H,22,23,24). The number of aryl methyl sites for hydroxylation is 1. The molecule has 0 saturated carbocycles. The quantitative estimate of drug-likeness (QED) is 0.654. The Kier molecular flexibility index (Phi) is 6.14. The summed E-state index contributed by atoms with van der Waals surface area (Å²) < 4.78 is 1.32. The first-order valence-electron chi connectivity index (χ1n) is 9.48. The lowest BCUT2D eigenvalue weighted by molar-refractivity contribution is -0.118. The number of amides is 1. The third-order valence-electron chi connectivity index (χ3n) is 4.71. The molecule has 0 aliphatic rings. The number of fused-ring (bicyclic) bond motifs is 1. The zero-order chi connectivity index (χ0) is 20.3. The van der Waals surface area contributed by atoms with Crippen molar-refractivity contribution in [2.45, 2.75) is 53.0 Å². The lowest BCUT2D eigenvalue weighted by atomic mass is 10.1.